The summed E-state index contributed by atoms with van der Waals surface area (Å²) in [7, 11) is 0. The Bertz CT molecular complexity index is 642. The number of amides is 1. The maximum absolute atomic E-state index is 12.6. The summed E-state index contributed by atoms with van der Waals surface area (Å²) in [5, 5.41) is 9.21. The third-order valence-electron chi connectivity index (χ3n) is 4.22. The van der Waals surface area contributed by atoms with E-state index in [1.54, 1.807) is 36.1 Å². The van der Waals surface area contributed by atoms with Gasteiger partial charge in [-0.25, -0.2) is 0 Å². The minimum Gasteiger partial charge on any atom is -0.481 e. The summed E-state index contributed by atoms with van der Waals surface area (Å²) in [6.07, 6.45) is -0.165. The number of hydrogen-bond acceptors (Lipinski definition) is 4. The van der Waals surface area contributed by atoms with Crippen LogP contribution in [0.4, 0.5) is 0 Å². The zero-order valence-corrected chi connectivity index (χ0v) is 14.2. The lowest BCUT2D eigenvalue weighted by Crippen LogP contribution is -2.49. The molecule has 130 valence electrons. The molecule has 0 aliphatic carbocycles. The molecular weight excluding hydrogens is 310 g/mol. The first-order valence-corrected chi connectivity index (χ1v) is 8.07. The maximum atomic E-state index is 12.6. The Morgan fingerprint density at radius 1 is 1.29 bits per heavy atom. The number of benzene rings is 1. The van der Waals surface area contributed by atoms with Crippen molar-refractivity contribution in [2.24, 2.45) is 11.8 Å². The van der Waals surface area contributed by atoms with E-state index >= 15 is 0 Å². The van der Waals surface area contributed by atoms with Gasteiger partial charge in [0.1, 0.15) is 5.75 Å². The molecule has 1 aliphatic rings. The Hall–Kier alpha value is -2.37. The Morgan fingerprint density at radius 3 is 2.62 bits per heavy atom. The standard InChI is InChI=1S/C18H23NO5/c1-11-7-15(18(22)23)10-19(9-11)17(21)13(3)24-16-6-4-5-14(8-16)12(2)20/h4-6,8,11,13,15H,7,9-10H2,1-3H3,(H,22,23). The molecule has 1 amide bonds. The SMILES string of the molecule is CC(=O)c1cccc(OC(C)C(=O)N2CC(C)CC(C(=O)O)C2)c1. The summed E-state index contributed by atoms with van der Waals surface area (Å²) < 4.78 is 5.66. The molecule has 0 saturated carbocycles. The summed E-state index contributed by atoms with van der Waals surface area (Å²) in [6.45, 7) is 5.79. The molecule has 1 aromatic carbocycles. The van der Waals surface area contributed by atoms with Crippen molar-refractivity contribution in [1.82, 2.24) is 4.90 Å². The Morgan fingerprint density at radius 2 is 2.00 bits per heavy atom. The van der Waals surface area contributed by atoms with Crippen molar-refractivity contribution >= 4 is 17.7 Å². The molecule has 1 saturated heterocycles. The summed E-state index contributed by atoms with van der Waals surface area (Å²) in [4.78, 5) is 36.8. The topological polar surface area (TPSA) is 83.9 Å². The minimum absolute atomic E-state index is 0.0754. The predicted molar refractivity (Wildman–Crippen MR) is 88.0 cm³/mol. The highest BCUT2D eigenvalue weighted by molar-refractivity contribution is 5.94. The zero-order chi connectivity index (χ0) is 17.9. The lowest BCUT2D eigenvalue weighted by atomic mass is 9.90. The van der Waals surface area contributed by atoms with Crippen LogP contribution < -0.4 is 4.74 Å². The zero-order valence-electron chi connectivity index (χ0n) is 14.2. The lowest BCUT2D eigenvalue weighted by Gasteiger charge is -2.36. The number of carboxylic acid groups (broad SMARTS) is 1. The number of piperidine rings is 1. The second kappa shape index (κ2) is 7.47. The maximum Gasteiger partial charge on any atom is 0.308 e. The van der Waals surface area contributed by atoms with Gasteiger partial charge in [-0.2, -0.15) is 0 Å². The molecule has 0 bridgehead atoms. The highest BCUT2D eigenvalue weighted by Gasteiger charge is 2.34. The van der Waals surface area contributed by atoms with Crippen LogP contribution in [0.3, 0.4) is 0 Å². The van der Waals surface area contributed by atoms with Crippen molar-refractivity contribution in [3.8, 4) is 5.75 Å². The molecule has 3 unspecified atom stereocenters. The van der Waals surface area contributed by atoms with E-state index in [1.165, 1.54) is 6.92 Å². The molecule has 6 heteroatoms. The molecular formula is C18H23NO5. The van der Waals surface area contributed by atoms with Crippen molar-refractivity contribution < 1.29 is 24.2 Å². The van der Waals surface area contributed by atoms with Crippen molar-refractivity contribution in [2.45, 2.75) is 33.3 Å². The van der Waals surface area contributed by atoms with E-state index in [4.69, 9.17) is 4.74 Å². The molecule has 1 heterocycles. The summed E-state index contributed by atoms with van der Waals surface area (Å²) in [5.41, 5.74) is 0.518. The third kappa shape index (κ3) is 4.34. The third-order valence-corrected chi connectivity index (χ3v) is 4.22. The first-order chi connectivity index (χ1) is 11.3. The van der Waals surface area contributed by atoms with E-state index in [1.807, 2.05) is 6.92 Å². The minimum atomic E-state index is -0.873. The number of carboxylic acids is 1. The fraction of sp³-hybridized carbons (Fsp3) is 0.500. The highest BCUT2D eigenvalue weighted by Crippen LogP contribution is 2.23. The second-order valence-corrected chi connectivity index (χ2v) is 6.46. The largest absolute Gasteiger partial charge is 0.481 e. The number of aliphatic carboxylic acids is 1. The number of carbonyl (C=O) groups is 3. The molecule has 0 radical (unpaired) electrons. The number of rotatable bonds is 5. The smallest absolute Gasteiger partial charge is 0.308 e. The molecule has 1 aliphatic heterocycles. The summed E-state index contributed by atoms with van der Waals surface area (Å²) in [5.74, 6) is -1.14. The molecule has 24 heavy (non-hydrogen) atoms. The summed E-state index contributed by atoms with van der Waals surface area (Å²) >= 11 is 0. The van der Waals surface area contributed by atoms with Gasteiger partial charge < -0.3 is 14.7 Å². The molecule has 3 atom stereocenters. The van der Waals surface area contributed by atoms with Crippen LogP contribution in [0.25, 0.3) is 0 Å². The number of carbonyl (C=O) groups excluding carboxylic acids is 2. The van der Waals surface area contributed by atoms with Crippen LogP contribution in [0.15, 0.2) is 24.3 Å². The average molecular weight is 333 g/mol. The number of ketones is 1. The fourth-order valence-corrected chi connectivity index (χ4v) is 3.01. The first-order valence-electron chi connectivity index (χ1n) is 8.07. The van der Waals surface area contributed by atoms with Crippen LogP contribution in [-0.2, 0) is 9.59 Å². The first kappa shape index (κ1) is 18.0. The van der Waals surface area contributed by atoms with E-state index in [-0.39, 0.29) is 24.2 Å². The highest BCUT2D eigenvalue weighted by atomic mass is 16.5. The van der Waals surface area contributed by atoms with Gasteiger partial charge in [0.05, 0.1) is 5.92 Å². The van der Waals surface area contributed by atoms with Gasteiger partial charge in [-0.3, -0.25) is 14.4 Å². The predicted octanol–water partition coefficient (Wildman–Crippen LogP) is 2.23. The van der Waals surface area contributed by atoms with Crippen LogP contribution >= 0.6 is 0 Å². The van der Waals surface area contributed by atoms with Gasteiger partial charge in [0.25, 0.3) is 5.91 Å². The number of nitrogens with zero attached hydrogens (tertiary/aromatic N) is 1. The Labute approximate surface area is 141 Å². The molecule has 1 aromatic rings. The van der Waals surface area contributed by atoms with Gasteiger partial charge in [0, 0.05) is 18.7 Å². The molecule has 0 spiro atoms. The normalized spacial score (nSPS) is 21.9. The van der Waals surface area contributed by atoms with Gasteiger partial charge in [0.15, 0.2) is 11.9 Å². The second-order valence-electron chi connectivity index (χ2n) is 6.46. The lowest BCUT2D eigenvalue weighted by molar-refractivity contribution is -0.149. The molecule has 1 N–H and O–H groups in total. The van der Waals surface area contributed by atoms with Gasteiger partial charge in [-0.15, -0.1) is 0 Å². The average Bonchev–Trinajstić information content (AvgIpc) is 2.53. The fourth-order valence-electron chi connectivity index (χ4n) is 3.01. The van der Waals surface area contributed by atoms with E-state index in [0.29, 0.717) is 24.3 Å². The van der Waals surface area contributed by atoms with Crippen molar-refractivity contribution in [2.75, 3.05) is 13.1 Å². The van der Waals surface area contributed by atoms with E-state index in [0.717, 1.165) is 0 Å². The summed E-state index contributed by atoms with van der Waals surface area (Å²) in [6, 6.07) is 6.68. The van der Waals surface area contributed by atoms with Crippen LogP contribution in [0.5, 0.6) is 5.75 Å². The van der Waals surface area contributed by atoms with E-state index < -0.39 is 18.0 Å². The van der Waals surface area contributed by atoms with Crippen molar-refractivity contribution in [1.29, 1.82) is 0 Å². The van der Waals surface area contributed by atoms with Crippen molar-refractivity contribution in [3.05, 3.63) is 29.8 Å². The van der Waals surface area contributed by atoms with Gasteiger partial charge in [-0.05, 0) is 38.3 Å². The monoisotopic (exact) mass is 333 g/mol. The van der Waals surface area contributed by atoms with E-state index in [2.05, 4.69) is 0 Å². The van der Waals surface area contributed by atoms with Gasteiger partial charge in [-0.1, -0.05) is 19.1 Å². The Kier molecular flexibility index (Phi) is 5.59. The Balaban J connectivity index is 2.05. The molecule has 0 aromatic heterocycles. The van der Waals surface area contributed by atoms with Crippen LogP contribution in [0.1, 0.15) is 37.6 Å². The van der Waals surface area contributed by atoms with Crippen LogP contribution in [0.2, 0.25) is 0 Å². The number of ether oxygens (including phenoxy) is 1. The molecule has 1 fully saturated rings. The van der Waals surface area contributed by atoms with E-state index in [9.17, 15) is 19.5 Å². The number of Topliss-reactive ketones (excluding diaryl/α,β-unsaturated/α-hetero) is 1. The molecule has 6 nitrogen and oxygen atoms in total. The quantitative estimate of drug-likeness (QED) is 0.835. The van der Waals surface area contributed by atoms with Crippen LogP contribution in [-0.4, -0.2) is 46.9 Å². The number of likely N-dealkylation sites (tertiary alicyclic amines) is 1. The van der Waals surface area contributed by atoms with Gasteiger partial charge >= 0.3 is 5.97 Å². The van der Waals surface area contributed by atoms with Crippen molar-refractivity contribution in [3.63, 3.8) is 0 Å². The number of hydrogen-bond donors (Lipinski definition) is 1. The van der Waals surface area contributed by atoms with Crippen LogP contribution in [0, 0.1) is 11.8 Å². The molecule has 2 rings (SSSR count). The van der Waals surface area contributed by atoms with Gasteiger partial charge in [0.2, 0.25) is 0 Å².